The molecular weight excluding hydrogens is 368 g/mol. The van der Waals surface area contributed by atoms with Gasteiger partial charge in [0.1, 0.15) is 5.76 Å². The van der Waals surface area contributed by atoms with Crippen LogP contribution >= 0.6 is 0 Å². The Balaban J connectivity index is 2.49. The first kappa shape index (κ1) is 26.0. The monoisotopic (exact) mass is 412 g/mol. The highest BCUT2D eigenvalue weighted by atomic mass is 16.7. The van der Waals surface area contributed by atoms with Gasteiger partial charge >= 0.3 is 5.97 Å². The third-order valence-corrected chi connectivity index (χ3v) is 5.67. The van der Waals surface area contributed by atoms with Crippen LogP contribution in [0.15, 0.2) is 11.3 Å². The maximum Gasteiger partial charge on any atom is 0.334 e. The van der Waals surface area contributed by atoms with E-state index < -0.39 is 5.97 Å². The van der Waals surface area contributed by atoms with Crippen LogP contribution in [-0.2, 0) is 14.3 Å². The van der Waals surface area contributed by atoms with Crippen molar-refractivity contribution in [2.45, 2.75) is 129 Å². The molecule has 29 heavy (non-hydrogen) atoms. The molecular formula is C24H44O5. The maximum atomic E-state index is 11.7. The Morgan fingerprint density at radius 2 is 1.62 bits per heavy atom. The lowest BCUT2D eigenvalue weighted by Crippen LogP contribution is -2.28. The number of carboxylic acid groups (broad SMARTS) is 1. The first-order chi connectivity index (χ1) is 14.1. The van der Waals surface area contributed by atoms with E-state index in [1.807, 2.05) is 0 Å². The summed E-state index contributed by atoms with van der Waals surface area (Å²) in [4.78, 5) is 11.7. The first-order valence-corrected chi connectivity index (χ1v) is 12.0. The van der Waals surface area contributed by atoms with E-state index in [-0.39, 0.29) is 30.1 Å². The van der Waals surface area contributed by atoms with Crippen LogP contribution in [0, 0.1) is 0 Å². The van der Waals surface area contributed by atoms with Crippen molar-refractivity contribution in [3.8, 4) is 0 Å². The molecule has 0 aromatic rings. The average molecular weight is 413 g/mol. The average Bonchev–Trinajstić information content (AvgIpc) is 2.71. The molecule has 0 aliphatic carbocycles. The molecule has 1 aliphatic heterocycles. The molecule has 2 N–H and O–H groups in total. The molecule has 5 heteroatoms. The van der Waals surface area contributed by atoms with Crippen molar-refractivity contribution in [1.82, 2.24) is 0 Å². The van der Waals surface area contributed by atoms with Crippen LogP contribution in [-0.4, -0.2) is 35.2 Å². The highest BCUT2D eigenvalue weighted by molar-refractivity contribution is 5.87. The number of aliphatic carboxylic acids is 1. The van der Waals surface area contributed by atoms with Crippen LogP contribution in [0.4, 0.5) is 0 Å². The second kappa shape index (κ2) is 16.7. The third-order valence-electron chi connectivity index (χ3n) is 5.67. The number of unbranched alkanes of at least 4 members (excludes halogenated alkanes) is 8. The molecule has 170 valence electrons. The van der Waals surface area contributed by atoms with E-state index >= 15 is 0 Å². The minimum Gasteiger partial charge on any atom is -0.512 e. The Morgan fingerprint density at radius 3 is 2.21 bits per heavy atom. The number of carbonyl (C=O) groups is 1. The quantitative estimate of drug-likeness (QED) is 0.154. The van der Waals surface area contributed by atoms with Crippen LogP contribution in [0.3, 0.4) is 0 Å². The van der Waals surface area contributed by atoms with Gasteiger partial charge in [0, 0.05) is 13.0 Å². The van der Waals surface area contributed by atoms with Crippen molar-refractivity contribution in [1.29, 1.82) is 0 Å². The van der Waals surface area contributed by atoms with Crippen molar-refractivity contribution in [3.05, 3.63) is 11.3 Å². The SMILES string of the molecule is CCCCCCCCCC/C(C(=O)O)=C(/O)CC(CCCC)O[C@@H]1CCCCO1. The summed E-state index contributed by atoms with van der Waals surface area (Å²) in [6, 6.07) is 0. The van der Waals surface area contributed by atoms with E-state index in [9.17, 15) is 15.0 Å². The van der Waals surface area contributed by atoms with Crippen LogP contribution in [0.25, 0.3) is 0 Å². The third kappa shape index (κ3) is 12.3. The number of hydrogen-bond acceptors (Lipinski definition) is 4. The zero-order valence-corrected chi connectivity index (χ0v) is 18.8. The molecule has 0 spiro atoms. The summed E-state index contributed by atoms with van der Waals surface area (Å²) in [5.41, 5.74) is 0.158. The van der Waals surface area contributed by atoms with Crippen LogP contribution < -0.4 is 0 Å². The Labute approximate surface area is 177 Å². The minimum absolute atomic E-state index is 0.0163. The molecule has 1 fully saturated rings. The van der Waals surface area contributed by atoms with Crippen molar-refractivity contribution in [2.75, 3.05) is 6.61 Å². The molecule has 1 saturated heterocycles. The Kier molecular flexibility index (Phi) is 15.0. The summed E-state index contributed by atoms with van der Waals surface area (Å²) in [6.45, 7) is 5.05. The minimum atomic E-state index is -1.01. The van der Waals surface area contributed by atoms with Crippen molar-refractivity contribution in [2.24, 2.45) is 0 Å². The molecule has 0 amide bonds. The predicted octanol–water partition coefficient (Wildman–Crippen LogP) is 6.91. The molecule has 0 bridgehead atoms. The summed E-state index contributed by atoms with van der Waals surface area (Å²) in [5.74, 6) is -1.02. The van der Waals surface area contributed by atoms with E-state index in [0.29, 0.717) is 13.0 Å². The molecule has 1 rings (SSSR count). The fourth-order valence-electron chi connectivity index (χ4n) is 3.83. The van der Waals surface area contributed by atoms with E-state index in [1.165, 1.54) is 32.1 Å². The normalized spacial score (nSPS) is 19.0. The summed E-state index contributed by atoms with van der Waals surface area (Å²) >= 11 is 0. The van der Waals surface area contributed by atoms with E-state index in [2.05, 4.69) is 13.8 Å². The molecule has 2 atom stereocenters. The number of aliphatic hydroxyl groups is 1. The second-order valence-corrected chi connectivity index (χ2v) is 8.36. The maximum absolute atomic E-state index is 11.7. The Bertz CT molecular complexity index is 454. The Morgan fingerprint density at radius 1 is 0.966 bits per heavy atom. The summed E-state index contributed by atoms with van der Waals surface area (Å²) in [5, 5.41) is 20.1. The van der Waals surface area contributed by atoms with Crippen molar-refractivity contribution in [3.63, 3.8) is 0 Å². The second-order valence-electron chi connectivity index (χ2n) is 8.36. The molecule has 0 saturated carbocycles. The van der Waals surface area contributed by atoms with Gasteiger partial charge in [-0.2, -0.15) is 0 Å². The highest BCUT2D eigenvalue weighted by Gasteiger charge is 2.23. The molecule has 1 aliphatic rings. The van der Waals surface area contributed by atoms with E-state index in [4.69, 9.17) is 9.47 Å². The zero-order valence-electron chi connectivity index (χ0n) is 18.8. The number of rotatable bonds is 17. The van der Waals surface area contributed by atoms with Gasteiger partial charge in [-0.1, -0.05) is 71.6 Å². The predicted molar refractivity (Wildman–Crippen MR) is 117 cm³/mol. The van der Waals surface area contributed by atoms with Crippen LogP contribution in [0.5, 0.6) is 0 Å². The van der Waals surface area contributed by atoms with Crippen molar-refractivity contribution < 1.29 is 24.5 Å². The Hall–Kier alpha value is -1.07. The van der Waals surface area contributed by atoms with E-state index in [0.717, 1.165) is 57.8 Å². The lowest BCUT2D eigenvalue weighted by Gasteiger charge is -2.28. The molecule has 5 nitrogen and oxygen atoms in total. The number of ether oxygens (including phenoxy) is 2. The highest BCUT2D eigenvalue weighted by Crippen LogP contribution is 2.24. The van der Waals surface area contributed by atoms with Gasteiger partial charge in [-0.3, -0.25) is 0 Å². The standard InChI is InChI=1S/C24H44O5/c1-3-5-7-8-9-10-11-12-16-21(24(26)27)22(25)19-20(15-6-4-2)29-23-17-13-14-18-28-23/h20,23,25H,3-19H2,1-2H3,(H,26,27)/b22-21-/t20?,23-/m1/s1. The smallest absolute Gasteiger partial charge is 0.334 e. The number of carboxylic acids is 1. The van der Waals surface area contributed by atoms with Gasteiger partial charge in [-0.15, -0.1) is 0 Å². The number of hydrogen-bond donors (Lipinski definition) is 2. The summed E-state index contributed by atoms with van der Waals surface area (Å²) < 4.78 is 11.7. The fraction of sp³-hybridized carbons (Fsp3) is 0.875. The largest absolute Gasteiger partial charge is 0.512 e. The van der Waals surface area contributed by atoms with Gasteiger partial charge in [0.15, 0.2) is 6.29 Å². The van der Waals surface area contributed by atoms with Crippen molar-refractivity contribution >= 4 is 5.97 Å². The zero-order chi connectivity index (χ0) is 21.3. The van der Waals surface area contributed by atoms with Crippen LogP contribution in [0.1, 0.15) is 117 Å². The summed E-state index contributed by atoms with van der Waals surface area (Å²) in [7, 11) is 0. The first-order valence-electron chi connectivity index (χ1n) is 12.0. The van der Waals surface area contributed by atoms with Gasteiger partial charge in [0.05, 0.1) is 11.7 Å². The lowest BCUT2D eigenvalue weighted by molar-refractivity contribution is -0.190. The molecule has 0 aromatic heterocycles. The van der Waals surface area contributed by atoms with Crippen LogP contribution in [0.2, 0.25) is 0 Å². The van der Waals surface area contributed by atoms with Gasteiger partial charge in [0.2, 0.25) is 0 Å². The lowest BCUT2D eigenvalue weighted by atomic mass is 10.0. The number of aliphatic hydroxyl groups excluding tert-OH is 1. The van der Waals surface area contributed by atoms with Gasteiger partial charge < -0.3 is 19.7 Å². The van der Waals surface area contributed by atoms with Gasteiger partial charge in [-0.25, -0.2) is 4.79 Å². The molecule has 0 aromatic carbocycles. The van der Waals surface area contributed by atoms with Gasteiger partial charge in [-0.05, 0) is 38.5 Å². The van der Waals surface area contributed by atoms with Gasteiger partial charge in [0.25, 0.3) is 0 Å². The fourth-order valence-corrected chi connectivity index (χ4v) is 3.83. The summed E-state index contributed by atoms with van der Waals surface area (Å²) in [6.07, 6.45) is 15.4. The van der Waals surface area contributed by atoms with E-state index in [1.54, 1.807) is 0 Å². The molecule has 1 heterocycles. The topological polar surface area (TPSA) is 76.0 Å². The molecule has 1 unspecified atom stereocenters. The molecule has 0 radical (unpaired) electrons.